The average Bonchev–Trinajstić information content (AvgIpc) is 2.53. The highest BCUT2D eigenvalue weighted by Gasteiger charge is 2.09. The Balaban J connectivity index is 2.12. The highest BCUT2D eigenvalue weighted by Crippen LogP contribution is 2.18. The van der Waals surface area contributed by atoms with Crippen molar-refractivity contribution in [3.05, 3.63) is 54.4 Å². The molecule has 1 aromatic heterocycles. The van der Waals surface area contributed by atoms with Crippen molar-refractivity contribution in [2.24, 2.45) is 11.7 Å². The number of pyridine rings is 1. The van der Waals surface area contributed by atoms with Crippen molar-refractivity contribution in [2.75, 3.05) is 13.1 Å². The van der Waals surface area contributed by atoms with Crippen molar-refractivity contribution in [2.45, 2.75) is 6.92 Å². The van der Waals surface area contributed by atoms with Gasteiger partial charge in [0.15, 0.2) is 0 Å². The van der Waals surface area contributed by atoms with E-state index < -0.39 is 0 Å². The van der Waals surface area contributed by atoms with Gasteiger partial charge in [0.25, 0.3) is 5.91 Å². The second-order valence-corrected chi connectivity index (χ2v) is 4.88. The van der Waals surface area contributed by atoms with Crippen LogP contribution in [-0.2, 0) is 0 Å². The first kappa shape index (κ1) is 14.2. The van der Waals surface area contributed by atoms with Crippen LogP contribution < -0.4 is 11.1 Å². The highest BCUT2D eigenvalue weighted by atomic mass is 16.1. The van der Waals surface area contributed by atoms with Crippen LogP contribution >= 0.6 is 0 Å². The Bertz CT molecular complexity index is 569. The van der Waals surface area contributed by atoms with Crippen LogP contribution in [0, 0.1) is 5.92 Å². The van der Waals surface area contributed by atoms with E-state index >= 15 is 0 Å². The van der Waals surface area contributed by atoms with Crippen molar-refractivity contribution >= 4 is 5.91 Å². The molecule has 2 rings (SSSR count). The molecule has 0 aliphatic rings. The molecular formula is C16H19N3O. The van der Waals surface area contributed by atoms with E-state index in [0.717, 1.165) is 11.1 Å². The fourth-order valence-corrected chi connectivity index (χ4v) is 1.80. The largest absolute Gasteiger partial charge is 0.352 e. The van der Waals surface area contributed by atoms with Gasteiger partial charge in [0, 0.05) is 24.5 Å². The van der Waals surface area contributed by atoms with Gasteiger partial charge in [0.2, 0.25) is 0 Å². The number of carbonyl (C=O) groups is 1. The maximum atomic E-state index is 12.1. The van der Waals surface area contributed by atoms with E-state index in [4.69, 9.17) is 5.73 Å². The molecule has 0 fully saturated rings. The second kappa shape index (κ2) is 6.82. The lowest BCUT2D eigenvalue weighted by molar-refractivity contribution is 0.0948. The molecule has 3 N–H and O–H groups in total. The minimum Gasteiger partial charge on any atom is -0.352 e. The lowest BCUT2D eigenvalue weighted by Crippen LogP contribution is -2.31. The summed E-state index contributed by atoms with van der Waals surface area (Å²) in [4.78, 5) is 16.2. The molecule has 0 aliphatic heterocycles. The molecule has 0 saturated carbocycles. The van der Waals surface area contributed by atoms with Crippen LogP contribution in [-0.4, -0.2) is 24.0 Å². The number of hydrogen-bond donors (Lipinski definition) is 2. The lowest BCUT2D eigenvalue weighted by atomic mass is 10.1. The third-order valence-electron chi connectivity index (χ3n) is 3.12. The van der Waals surface area contributed by atoms with E-state index in [1.54, 1.807) is 12.4 Å². The fraction of sp³-hybridized carbons (Fsp3) is 0.250. The van der Waals surface area contributed by atoms with Crippen molar-refractivity contribution < 1.29 is 4.79 Å². The summed E-state index contributed by atoms with van der Waals surface area (Å²) in [5.74, 6) is 0.153. The summed E-state index contributed by atoms with van der Waals surface area (Å²) in [7, 11) is 0. The molecule has 2 aromatic rings. The maximum absolute atomic E-state index is 12.1. The summed E-state index contributed by atoms with van der Waals surface area (Å²) in [5.41, 5.74) is 8.08. The molecule has 1 atom stereocenters. The zero-order valence-electron chi connectivity index (χ0n) is 11.5. The van der Waals surface area contributed by atoms with Crippen LogP contribution in [0.15, 0.2) is 48.8 Å². The zero-order valence-corrected chi connectivity index (χ0v) is 11.5. The Morgan fingerprint density at radius 3 is 2.70 bits per heavy atom. The number of hydrogen-bond acceptors (Lipinski definition) is 3. The van der Waals surface area contributed by atoms with Gasteiger partial charge in [-0.2, -0.15) is 0 Å². The molecule has 0 aliphatic carbocycles. The summed E-state index contributed by atoms with van der Waals surface area (Å²) in [6.45, 7) is 3.13. The number of carbonyl (C=O) groups excluding carboxylic acids is 1. The maximum Gasteiger partial charge on any atom is 0.252 e. The SMILES string of the molecule is CC(CN)CNC(=O)c1cncc(-c2ccccc2)c1. The summed E-state index contributed by atoms with van der Waals surface area (Å²) < 4.78 is 0. The molecule has 1 amide bonds. The number of amides is 1. The second-order valence-electron chi connectivity index (χ2n) is 4.88. The average molecular weight is 269 g/mol. The molecule has 4 heteroatoms. The van der Waals surface area contributed by atoms with E-state index in [-0.39, 0.29) is 11.8 Å². The van der Waals surface area contributed by atoms with Gasteiger partial charge in [-0.15, -0.1) is 0 Å². The lowest BCUT2D eigenvalue weighted by Gasteiger charge is -2.10. The third-order valence-corrected chi connectivity index (χ3v) is 3.12. The normalized spacial score (nSPS) is 11.9. The number of benzene rings is 1. The smallest absolute Gasteiger partial charge is 0.252 e. The molecule has 1 unspecified atom stereocenters. The van der Waals surface area contributed by atoms with Gasteiger partial charge >= 0.3 is 0 Å². The predicted molar refractivity (Wildman–Crippen MR) is 80.2 cm³/mol. The fourth-order valence-electron chi connectivity index (χ4n) is 1.80. The van der Waals surface area contributed by atoms with Gasteiger partial charge in [-0.1, -0.05) is 37.3 Å². The summed E-state index contributed by atoms with van der Waals surface area (Å²) in [6, 6.07) is 11.7. The Kier molecular flexibility index (Phi) is 4.85. The van der Waals surface area contributed by atoms with E-state index in [0.29, 0.717) is 18.7 Å². The minimum atomic E-state index is -0.115. The Morgan fingerprint density at radius 1 is 1.25 bits per heavy atom. The molecule has 1 heterocycles. The Hall–Kier alpha value is -2.20. The van der Waals surface area contributed by atoms with Crippen molar-refractivity contribution in [3.8, 4) is 11.1 Å². The quantitative estimate of drug-likeness (QED) is 0.873. The van der Waals surface area contributed by atoms with E-state index in [1.165, 1.54) is 0 Å². The molecule has 1 aromatic carbocycles. The van der Waals surface area contributed by atoms with E-state index in [1.807, 2.05) is 43.3 Å². The van der Waals surface area contributed by atoms with Crippen LogP contribution in [0.4, 0.5) is 0 Å². The van der Waals surface area contributed by atoms with Crippen LogP contribution in [0.1, 0.15) is 17.3 Å². The van der Waals surface area contributed by atoms with Gasteiger partial charge in [0.05, 0.1) is 5.56 Å². The van der Waals surface area contributed by atoms with Gasteiger partial charge in [-0.3, -0.25) is 9.78 Å². The predicted octanol–water partition coefficient (Wildman–Crippen LogP) is 2.07. The van der Waals surface area contributed by atoms with E-state index in [2.05, 4.69) is 10.3 Å². The summed E-state index contributed by atoms with van der Waals surface area (Å²) in [6.07, 6.45) is 3.34. The van der Waals surface area contributed by atoms with Crippen molar-refractivity contribution in [1.82, 2.24) is 10.3 Å². The molecule has 0 saturated heterocycles. The molecule has 104 valence electrons. The van der Waals surface area contributed by atoms with Gasteiger partial charge in [0.1, 0.15) is 0 Å². The third kappa shape index (κ3) is 3.65. The van der Waals surface area contributed by atoms with Gasteiger partial charge < -0.3 is 11.1 Å². The Morgan fingerprint density at radius 2 is 2.00 bits per heavy atom. The molecule has 0 radical (unpaired) electrons. The van der Waals surface area contributed by atoms with Crippen LogP contribution in [0.25, 0.3) is 11.1 Å². The topological polar surface area (TPSA) is 68.0 Å². The number of nitrogens with one attached hydrogen (secondary N) is 1. The first-order valence-electron chi connectivity index (χ1n) is 6.69. The van der Waals surface area contributed by atoms with Gasteiger partial charge in [-0.05, 0) is 24.1 Å². The highest BCUT2D eigenvalue weighted by molar-refractivity contribution is 5.95. The monoisotopic (exact) mass is 269 g/mol. The number of aromatic nitrogens is 1. The first-order valence-corrected chi connectivity index (χ1v) is 6.69. The molecule has 0 spiro atoms. The Labute approximate surface area is 119 Å². The minimum absolute atomic E-state index is 0.115. The van der Waals surface area contributed by atoms with E-state index in [9.17, 15) is 4.79 Å². The number of rotatable bonds is 5. The standard InChI is InChI=1S/C16H19N3O/c1-12(8-17)9-19-16(20)15-7-14(10-18-11-15)13-5-3-2-4-6-13/h2-7,10-12H,8-9,17H2,1H3,(H,19,20). The van der Waals surface area contributed by atoms with Crippen LogP contribution in [0.3, 0.4) is 0 Å². The molecule has 0 bridgehead atoms. The molecule has 4 nitrogen and oxygen atoms in total. The van der Waals surface area contributed by atoms with Crippen LogP contribution in [0.5, 0.6) is 0 Å². The van der Waals surface area contributed by atoms with Gasteiger partial charge in [-0.25, -0.2) is 0 Å². The van der Waals surface area contributed by atoms with Crippen molar-refractivity contribution in [1.29, 1.82) is 0 Å². The summed E-state index contributed by atoms with van der Waals surface area (Å²) >= 11 is 0. The van der Waals surface area contributed by atoms with Crippen molar-refractivity contribution in [3.63, 3.8) is 0 Å². The zero-order chi connectivity index (χ0) is 14.4. The molecule has 20 heavy (non-hydrogen) atoms. The number of nitrogens with two attached hydrogens (primary N) is 1. The molecular weight excluding hydrogens is 250 g/mol. The van der Waals surface area contributed by atoms with Crippen LogP contribution in [0.2, 0.25) is 0 Å². The summed E-state index contributed by atoms with van der Waals surface area (Å²) in [5, 5.41) is 2.87. The first-order chi connectivity index (χ1) is 9.70. The number of nitrogens with zero attached hydrogens (tertiary/aromatic N) is 1.